The van der Waals surface area contributed by atoms with Gasteiger partial charge in [0.1, 0.15) is 6.10 Å². The van der Waals surface area contributed by atoms with Gasteiger partial charge in [0, 0.05) is 13.0 Å². The van der Waals surface area contributed by atoms with Crippen LogP contribution in [0.4, 0.5) is 0 Å². The van der Waals surface area contributed by atoms with Gasteiger partial charge in [-0.15, -0.1) is 0 Å². The molecule has 0 rings (SSSR count). The van der Waals surface area contributed by atoms with Gasteiger partial charge in [-0.2, -0.15) is 0 Å². The lowest BCUT2D eigenvalue weighted by atomic mass is 10.1. The molecule has 0 aliphatic carbocycles. The largest absolute Gasteiger partial charge is 0.457 e. The zero-order valence-electron chi connectivity index (χ0n) is 33.1. The average Bonchev–Trinajstić information content (AvgIpc) is 3.14. The van der Waals surface area contributed by atoms with Gasteiger partial charge in [-0.05, 0) is 96.3 Å². The summed E-state index contributed by atoms with van der Waals surface area (Å²) in [4.78, 5) is 12.2. The Hall–Kier alpha value is -2.69. The highest BCUT2D eigenvalue weighted by Gasteiger charge is 2.13. The number of carbonyl (C=O) groups excluding carboxylic acids is 1. The first-order valence-electron chi connectivity index (χ1n) is 20.8. The molecule has 51 heavy (non-hydrogen) atoms. The van der Waals surface area contributed by atoms with E-state index in [0.29, 0.717) is 13.0 Å². The number of ether oxygens (including phenoxy) is 2. The van der Waals surface area contributed by atoms with Gasteiger partial charge in [0.15, 0.2) is 0 Å². The number of esters is 1. The van der Waals surface area contributed by atoms with Crippen LogP contribution in [-0.2, 0) is 14.3 Å². The lowest BCUT2D eigenvalue weighted by molar-refractivity contribution is -0.154. The Bertz CT molecular complexity index is 965. The molecule has 0 heterocycles. The van der Waals surface area contributed by atoms with E-state index < -0.39 is 6.10 Å². The molecule has 1 unspecified atom stereocenters. The number of aliphatic hydroxyl groups excluding tert-OH is 1. The smallest absolute Gasteiger partial charge is 0.306 e. The second-order valence-electron chi connectivity index (χ2n) is 13.3. The van der Waals surface area contributed by atoms with Crippen LogP contribution < -0.4 is 0 Å². The summed E-state index contributed by atoms with van der Waals surface area (Å²) in [6.45, 7) is 5.12. The van der Waals surface area contributed by atoms with Crippen LogP contribution in [0.5, 0.6) is 0 Å². The van der Waals surface area contributed by atoms with Crippen LogP contribution in [0.15, 0.2) is 97.2 Å². The van der Waals surface area contributed by atoms with E-state index in [1.165, 1.54) is 57.8 Å². The summed E-state index contributed by atoms with van der Waals surface area (Å²) in [5.41, 5.74) is 0. The number of carbonyl (C=O) groups is 1. The number of rotatable bonds is 37. The van der Waals surface area contributed by atoms with Gasteiger partial charge in [-0.25, -0.2) is 0 Å². The Labute approximate surface area is 315 Å². The topological polar surface area (TPSA) is 55.8 Å². The summed E-state index contributed by atoms with van der Waals surface area (Å²) in [7, 11) is 0. The number of allylic oxidation sites excluding steroid dienone is 16. The molecule has 0 fully saturated rings. The van der Waals surface area contributed by atoms with Crippen molar-refractivity contribution in [2.75, 3.05) is 19.8 Å². The molecule has 0 saturated heterocycles. The van der Waals surface area contributed by atoms with Crippen LogP contribution in [0.1, 0.15) is 168 Å². The number of unbranched alkanes of at least 4 members (excludes halogenated alkanes) is 13. The minimum absolute atomic E-state index is 0.194. The van der Waals surface area contributed by atoms with E-state index >= 15 is 0 Å². The van der Waals surface area contributed by atoms with Crippen LogP contribution in [0.2, 0.25) is 0 Å². The normalized spacial score (nSPS) is 13.4. The predicted octanol–water partition coefficient (Wildman–Crippen LogP) is 13.8. The zero-order valence-corrected chi connectivity index (χ0v) is 33.1. The van der Waals surface area contributed by atoms with Crippen molar-refractivity contribution in [2.24, 2.45) is 0 Å². The Morgan fingerprint density at radius 1 is 0.490 bits per heavy atom. The first-order chi connectivity index (χ1) is 25.2. The Balaban J connectivity index is 3.57. The van der Waals surface area contributed by atoms with Crippen LogP contribution in [0.3, 0.4) is 0 Å². The third kappa shape index (κ3) is 41.6. The van der Waals surface area contributed by atoms with E-state index in [-0.39, 0.29) is 19.2 Å². The number of hydrogen-bond acceptors (Lipinski definition) is 4. The summed E-state index contributed by atoms with van der Waals surface area (Å²) in [5, 5.41) is 9.60. The van der Waals surface area contributed by atoms with Crippen LogP contribution in [-0.4, -0.2) is 37.0 Å². The van der Waals surface area contributed by atoms with E-state index in [2.05, 4.69) is 111 Å². The molecule has 1 N–H and O–H groups in total. The summed E-state index contributed by atoms with van der Waals surface area (Å²) in [5.74, 6) is -0.227. The van der Waals surface area contributed by atoms with Gasteiger partial charge in [-0.3, -0.25) is 4.79 Å². The minimum Gasteiger partial charge on any atom is -0.457 e. The standard InChI is InChI=1S/C47H78O4/c1-3-5-7-9-11-13-15-17-19-21-23-25-27-29-31-33-35-37-39-41-43-50-45-46(44-48)51-47(49)42-40-38-36-34-32-30-28-26-24-22-20-18-16-14-12-10-8-6-4-2/h5,7,11-14,17-20,23-26,29,31,46,48H,3-4,6,8-10,15-16,21-22,27-28,30,32-45H2,1-2H3/b7-5-,13-11-,14-12-,19-17-,20-18-,25-23-,26-24-,31-29-. The monoisotopic (exact) mass is 707 g/mol. The Kier molecular flexibility index (Phi) is 41.2. The molecule has 0 aliphatic heterocycles. The summed E-state index contributed by atoms with van der Waals surface area (Å²) in [6.07, 6.45) is 61.7. The van der Waals surface area contributed by atoms with Gasteiger partial charge < -0.3 is 14.6 Å². The molecule has 0 amide bonds. The van der Waals surface area contributed by atoms with Gasteiger partial charge >= 0.3 is 5.97 Å². The van der Waals surface area contributed by atoms with Crippen LogP contribution in [0, 0.1) is 0 Å². The molecule has 0 aromatic carbocycles. The van der Waals surface area contributed by atoms with Crippen LogP contribution >= 0.6 is 0 Å². The molecule has 0 spiro atoms. The summed E-state index contributed by atoms with van der Waals surface area (Å²) in [6, 6.07) is 0. The van der Waals surface area contributed by atoms with Crippen molar-refractivity contribution < 1.29 is 19.4 Å². The number of hydrogen-bond donors (Lipinski definition) is 1. The lowest BCUT2D eigenvalue weighted by Crippen LogP contribution is -2.27. The highest BCUT2D eigenvalue weighted by atomic mass is 16.6. The molecule has 1 atom stereocenters. The highest BCUT2D eigenvalue weighted by molar-refractivity contribution is 5.69. The number of aliphatic hydroxyl groups is 1. The van der Waals surface area contributed by atoms with E-state index in [1.54, 1.807) is 0 Å². The predicted molar refractivity (Wildman–Crippen MR) is 223 cm³/mol. The van der Waals surface area contributed by atoms with Crippen molar-refractivity contribution in [3.63, 3.8) is 0 Å². The highest BCUT2D eigenvalue weighted by Crippen LogP contribution is 2.11. The molecule has 0 saturated carbocycles. The zero-order chi connectivity index (χ0) is 37.0. The Morgan fingerprint density at radius 3 is 1.33 bits per heavy atom. The minimum atomic E-state index is -0.562. The van der Waals surface area contributed by atoms with Gasteiger partial charge in [0.25, 0.3) is 0 Å². The van der Waals surface area contributed by atoms with E-state index in [9.17, 15) is 9.90 Å². The maximum atomic E-state index is 12.2. The molecule has 0 bridgehead atoms. The molecular formula is C47H78O4. The van der Waals surface area contributed by atoms with Crippen molar-refractivity contribution in [2.45, 2.75) is 174 Å². The van der Waals surface area contributed by atoms with E-state index in [4.69, 9.17) is 9.47 Å². The molecule has 0 aromatic heterocycles. The molecule has 4 heteroatoms. The first-order valence-corrected chi connectivity index (χ1v) is 20.8. The fourth-order valence-corrected chi connectivity index (χ4v) is 5.30. The van der Waals surface area contributed by atoms with Crippen molar-refractivity contribution in [3.05, 3.63) is 97.2 Å². The van der Waals surface area contributed by atoms with Crippen molar-refractivity contribution in [1.82, 2.24) is 0 Å². The van der Waals surface area contributed by atoms with E-state index in [0.717, 1.165) is 89.9 Å². The lowest BCUT2D eigenvalue weighted by Gasteiger charge is -2.15. The van der Waals surface area contributed by atoms with Gasteiger partial charge in [0.05, 0.1) is 13.2 Å². The summed E-state index contributed by atoms with van der Waals surface area (Å²) < 4.78 is 11.1. The van der Waals surface area contributed by atoms with Crippen molar-refractivity contribution in [1.29, 1.82) is 0 Å². The maximum absolute atomic E-state index is 12.2. The molecule has 0 aromatic rings. The average molecular weight is 707 g/mol. The fourth-order valence-electron chi connectivity index (χ4n) is 5.30. The third-order valence-electron chi connectivity index (χ3n) is 8.39. The molecular weight excluding hydrogens is 629 g/mol. The second kappa shape index (κ2) is 43.5. The Morgan fingerprint density at radius 2 is 0.882 bits per heavy atom. The van der Waals surface area contributed by atoms with Gasteiger partial charge in [-0.1, -0.05) is 162 Å². The maximum Gasteiger partial charge on any atom is 0.306 e. The molecule has 0 radical (unpaired) electrons. The van der Waals surface area contributed by atoms with Gasteiger partial charge in [0.2, 0.25) is 0 Å². The summed E-state index contributed by atoms with van der Waals surface area (Å²) >= 11 is 0. The quantitative estimate of drug-likeness (QED) is 0.0397. The third-order valence-corrected chi connectivity index (χ3v) is 8.39. The molecule has 0 aliphatic rings. The fraction of sp³-hybridized carbons (Fsp3) is 0.638. The van der Waals surface area contributed by atoms with Crippen molar-refractivity contribution >= 4 is 5.97 Å². The molecule has 290 valence electrons. The van der Waals surface area contributed by atoms with E-state index in [1.807, 2.05) is 0 Å². The molecule has 4 nitrogen and oxygen atoms in total. The van der Waals surface area contributed by atoms with Crippen molar-refractivity contribution in [3.8, 4) is 0 Å². The first kappa shape index (κ1) is 48.3. The SMILES string of the molecule is CC/C=C\C/C=C\C/C=C\C/C=C\C/C=C\CCCCCCOCC(CO)OC(=O)CCCCCCCC/C=C\C/C=C\C/C=C\CCCCC. The van der Waals surface area contributed by atoms with Crippen LogP contribution in [0.25, 0.3) is 0 Å². The second-order valence-corrected chi connectivity index (χ2v) is 13.3.